The first kappa shape index (κ1) is 15.8. The van der Waals surface area contributed by atoms with Crippen molar-refractivity contribution < 1.29 is 9.13 Å². The highest BCUT2D eigenvalue weighted by molar-refractivity contribution is 5.85. The Morgan fingerprint density at radius 2 is 1.95 bits per heavy atom. The summed E-state index contributed by atoms with van der Waals surface area (Å²) in [5, 5.41) is 3.41. The van der Waals surface area contributed by atoms with Crippen LogP contribution in [0.4, 0.5) is 4.39 Å². The molecule has 1 aliphatic heterocycles. The van der Waals surface area contributed by atoms with Crippen molar-refractivity contribution in [2.24, 2.45) is 0 Å². The van der Waals surface area contributed by atoms with Gasteiger partial charge in [-0.3, -0.25) is 0 Å². The summed E-state index contributed by atoms with van der Waals surface area (Å²) in [7, 11) is 0. The molecule has 0 fully saturated rings. The van der Waals surface area contributed by atoms with E-state index in [0.29, 0.717) is 0 Å². The Kier molecular flexibility index (Phi) is 5.59. The van der Waals surface area contributed by atoms with Crippen LogP contribution in [0.2, 0.25) is 0 Å². The molecule has 0 saturated carbocycles. The molecule has 1 aliphatic rings. The molecule has 1 N–H and O–H groups in total. The highest BCUT2D eigenvalue weighted by Gasteiger charge is 2.19. The molecule has 21 heavy (non-hydrogen) atoms. The van der Waals surface area contributed by atoms with E-state index in [1.54, 1.807) is 12.1 Å². The maximum atomic E-state index is 13.1. The summed E-state index contributed by atoms with van der Waals surface area (Å²) in [6.07, 6.45) is 1.97. The molecule has 1 atom stereocenters. The van der Waals surface area contributed by atoms with Crippen LogP contribution < -0.4 is 10.1 Å². The van der Waals surface area contributed by atoms with Crippen molar-refractivity contribution in [2.75, 3.05) is 6.54 Å². The zero-order chi connectivity index (χ0) is 13.8. The molecule has 2 aromatic rings. The summed E-state index contributed by atoms with van der Waals surface area (Å²) in [6, 6.07) is 15.1. The van der Waals surface area contributed by atoms with Gasteiger partial charge in [0.15, 0.2) is 0 Å². The summed E-state index contributed by atoms with van der Waals surface area (Å²) < 4.78 is 19.0. The summed E-state index contributed by atoms with van der Waals surface area (Å²) >= 11 is 0. The predicted molar refractivity (Wildman–Crippen MR) is 84.5 cm³/mol. The Morgan fingerprint density at radius 1 is 1.14 bits per heavy atom. The first-order valence-corrected chi connectivity index (χ1v) is 7.01. The van der Waals surface area contributed by atoms with Crippen molar-refractivity contribution in [1.82, 2.24) is 5.32 Å². The SMILES string of the molecule is Cl.Fc1ccc2c(c1)CC[C@@H](CNCc1ccccc1)O2. The standard InChI is InChI=1S/C17H18FNO.ClH/c18-15-7-9-17-14(10-15)6-8-16(20-17)12-19-11-13-4-2-1-3-5-13;/h1-5,7,9-10,16,19H,6,8,11-12H2;1H/t16-;/m0./s1. The summed E-state index contributed by atoms with van der Waals surface area (Å²) in [5.41, 5.74) is 2.25. The lowest BCUT2D eigenvalue weighted by atomic mass is 10.0. The smallest absolute Gasteiger partial charge is 0.123 e. The van der Waals surface area contributed by atoms with Crippen molar-refractivity contribution in [1.29, 1.82) is 0 Å². The van der Waals surface area contributed by atoms with E-state index < -0.39 is 0 Å². The number of hydrogen-bond donors (Lipinski definition) is 1. The zero-order valence-electron chi connectivity index (χ0n) is 11.7. The number of ether oxygens (including phenoxy) is 1. The fourth-order valence-electron chi connectivity index (χ4n) is 2.53. The Hall–Kier alpha value is -1.58. The minimum absolute atomic E-state index is 0. The van der Waals surface area contributed by atoms with Gasteiger partial charge in [-0.15, -0.1) is 12.4 Å². The Labute approximate surface area is 130 Å². The van der Waals surface area contributed by atoms with Gasteiger partial charge in [0.1, 0.15) is 17.7 Å². The third-order valence-corrected chi connectivity index (χ3v) is 3.60. The second kappa shape index (κ2) is 7.43. The van der Waals surface area contributed by atoms with Gasteiger partial charge in [0.25, 0.3) is 0 Å². The minimum atomic E-state index is -0.187. The molecule has 0 aliphatic carbocycles. The van der Waals surface area contributed by atoms with Crippen LogP contribution in [0.1, 0.15) is 17.5 Å². The van der Waals surface area contributed by atoms with E-state index >= 15 is 0 Å². The van der Waals surface area contributed by atoms with Crippen LogP contribution >= 0.6 is 12.4 Å². The lowest BCUT2D eigenvalue weighted by Crippen LogP contribution is -2.33. The van der Waals surface area contributed by atoms with Crippen molar-refractivity contribution in [3.63, 3.8) is 0 Å². The van der Waals surface area contributed by atoms with E-state index in [4.69, 9.17) is 4.74 Å². The summed E-state index contributed by atoms with van der Waals surface area (Å²) in [4.78, 5) is 0. The van der Waals surface area contributed by atoms with Crippen LogP contribution in [-0.2, 0) is 13.0 Å². The molecular formula is C17H19ClFNO. The van der Waals surface area contributed by atoms with Crippen LogP contribution in [0, 0.1) is 5.82 Å². The number of rotatable bonds is 4. The number of aryl methyl sites for hydroxylation is 1. The first-order valence-electron chi connectivity index (χ1n) is 7.01. The highest BCUT2D eigenvalue weighted by Crippen LogP contribution is 2.27. The largest absolute Gasteiger partial charge is 0.489 e. The van der Waals surface area contributed by atoms with Crippen LogP contribution in [-0.4, -0.2) is 12.6 Å². The summed E-state index contributed by atoms with van der Waals surface area (Å²) in [6.45, 7) is 1.66. The predicted octanol–water partition coefficient (Wildman–Crippen LogP) is 3.73. The van der Waals surface area contributed by atoms with Gasteiger partial charge in [-0.05, 0) is 42.2 Å². The minimum Gasteiger partial charge on any atom is -0.489 e. The second-order valence-electron chi connectivity index (χ2n) is 5.15. The van der Waals surface area contributed by atoms with Gasteiger partial charge >= 0.3 is 0 Å². The van der Waals surface area contributed by atoms with E-state index in [-0.39, 0.29) is 24.3 Å². The number of halogens is 2. The molecule has 0 saturated heterocycles. The van der Waals surface area contributed by atoms with E-state index in [1.165, 1.54) is 11.6 Å². The normalized spacial score (nSPS) is 16.5. The van der Waals surface area contributed by atoms with Crippen molar-refractivity contribution in [2.45, 2.75) is 25.5 Å². The van der Waals surface area contributed by atoms with Crippen LogP contribution in [0.5, 0.6) is 5.75 Å². The third kappa shape index (κ3) is 4.19. The molecule has 3 rings (SSSR count). The lowest BCUT2D eigenvalue weighted by Gasteiger charge is -2.26. The van der Waals surface area contributed by atoms with Gasteiger partial charge < -0.3 is 10.1 Å². The molecule has 0 aromatic heterocycles. The molecule has 0 bridgehead atoms. The van der Waals surface area contributed by atoms with E-state index in [2.05, 4.69) is 17.4 Å². The van der Waals surface area contributed by atoms with Crippen molar-refractivity contribution in [3.8, 4) is 5.75 Å². The van der Waals surface area contributed by atoms with E-state index in [0.717, 1.165) is 37.2 Å². The topological polar surface area (TPSA) is 21.3 Å². The Bertz CT molecular complexity index is 576. The van der Waals surface area contributed by atoms with Crippen LogP contribution in [0.3, 0.4) is 0 Å². The fourth-order valence-corrected chi connectivity index (χ4v) is 2.53. The molecule has 0 amide bonds. The number of fused-ring (bicyclic) bond motifs is 1. The first-order chi connectivity index (χ1) is 9.81. The number of benzene rings is 2. The maximum absolute atomic E-state index is 13.1. The molecule has 2 nitrogen and oxygen atoms in total. The molecule has 0 radical (unpaired) electrons. The number of hydrogen-bond acceptors (Lipinski definition) is 2. The van der Waals surface area contributed by atoms with Gasteiger partial charge in [-0.2, -0.15) is 0 Å². The molecule has 112 valence electrons. The Morgan fingerprint density at radius 3 is 2.76 bits per heavy atom. The molecule has 0 unspecified atom stereocenters. The molecular weight excluding hydrogens is 289 g/mol. The quantitative estimate of drug-likeness (QED) is 0.929. The van der Waals surface area contributed by atoms with Crippen LogP contribution in [0.25, 0.3) is 0 Å². The second-order valence-corrected chi connectivity index (χ2v) is 5.15. The monoisotopic (exact) mass is 307 g/mol. The number of nitrogens with one attached hydrogen (secondary N) is 1. The average molecular weight is 308 g/mol. The van der Waals surface area contributed by atoms with Crippen molar-refractivity contribution >= 4 is 12.4 Å². The van der Waals surface area contributed by atoms with Gasteiger partial charge in [-0.25, -0.2) is 4.39 Å². The van der Waals surface area contributed by atoms with Gasteiger partial charge in [-0.1, -0.05) is 30.3 Å². The van der Waals surface area contributed by atoms with Gasteiger partial charge in [0.05, 0.1) is 0 Å². The van der Waals surface area contributed by atoms with Gasteiger partial charge in [0.2, 0.25) is 0 Å². The van der Waals surface area contributed by atoms with E-state index in [1.807, 2.05) is 18.2 Å². The lowest BCUT2D eigenvalue weighted by molar-refractivity contribution is 0.170. The zero-order valence-corrected chi connectivity index (χ0v) is 12.5. The molecule has 4 heteroatoms. The third-order valence-electron chi connectivity index (χ3n) is 3.60. The Balaban J connectivity index is 0.00000161. The fraction of sp³-hybridized carbons (Fsp3) is 0.294. The molecule has 1 heterocycles. The van der Waals surface area contributed by atoms with Crippen molar-refractivity contribution in [3.05, 3.63) is 65.5 Å². The summed E-state index contributed by atoms with van der Waals surface area (Å²) in [5.74, 6) is 0.636. The van der Waals surface area contributed by atoms with Gasteiger partial charge in [0, 0.05) is 13.1 Å². The molecule has 0 spiro atoms. The van der Waals surface area contributed by atoms with Crippen LogP contribution in [0.15, 0.2) is 48.5 Å². The highest BCUT2D eigenvalue weighted by atomic mass is 35.5. The molecule has 2 aromatic carbocycles. The van der Waals surface area contributed by atoms with E-state index in [9.17, 15) is 4.39 Å². The maximum Gasteiger partial charge on any atom is 0.123 e. The average Bonchev–Trinajstić information content (AvgIpc) is 2.48.